The van der Waals surface area contributed by atoms with Crippen LogP contribution >= 0.6 is 23.2 Å². The molecule has 16 heteroatoms. The van der Waals surface area contributed by atoms with Gasteiger partial charge in [-0.15, -0.1) is 3.89 Å². The van der Waals surface area contributed by atoms with Crippen molar-refractivity contribution in [3.63, 3.8) is 0 Å². The number of benzene rings is 2. The van der Waals surface area contributed by atoms with Crippen molar-refractivity contribution < 1.29 is 30.0 Å². The predicted molar refractivity (Wildman–Crippen MR) is 137 cm³/mol. The highest BCUT2D eigenvalue weighted by molar-refractivity contribution is 7.86. The number of halogens is 3. The zero-order valence-corrected chi connectivity index (χ0v) is 22.5. The van der Waals surface area contributed by atoms with Gasteiger partial charge in [0.15, 0.2) is 0 Å². The average Bonchev–Trinajstić information content (AvgIpc) is 2.71. The fourth-order valence-electron chi connectivity index (χ4n) is 3.03. The summed E-state index contributed by atoms with van der Waals surface area (Å²) >= 11 is 12.1. The van der Waals surface area contributed by atoms with E-state index < -0.39 is 30.9 Å². The fourth-order valence-corrected chi connectivity index (χ4v) is 4.20. The Hall–Kier alpha value is -2.65. The summed E-state index contributed by atoms with van der Waals surface area (Å²) in [6, 6.07) is 8.67. The first kappa shape index (κ1) is 29.6. The molecule has 2 aromatic rings. The molecule has 0 radical (unpaired) electrons. The molecule has 36 heavy (non-hydrogen) atoms. The molecule has 0 fully saturated rings. The van der Waals surface area contributed by atoms with Gasteiger partial charge in [0.25, 0.3) is 10.1 Å². The fraction of sp³-hybridized carbons (Fsp3) is 0.300. The van der Waals surface area contributed by atoms with Gasteiger partial charge in [0, 0.05) is 16.3 Å². The minimum atomic E-state index is -4.97. The second-order valence-corrected chi connectivity index (χ2v) is 11.6. The van der Waals surface area contributed by atoms with Crippen LogP contribution in [0.25, 0.3) is 0 Å². The average molecular weight is 584 g/mol. The van der Waals surface area contributed by atoms with Crippen molar-refractivity contribution in [2.24, 2.45) is 21.5 Å². The third kappa shape index (κ3) is 7.93. The lowest BCUT2D eigenvalue weighted by Gasteiger charge is -2.38. The zero-order chi connectivity index (χ0) is 27.5. The van der Waals surface area contributed by atoms with Gasteiger partial charge in [-0.2, -0.15) is 21.8 Å². The van der Waals surface area contributed by atoms with E-state index in [9.17, 15) is 20.7 Å². The first-order valence-electron chi connectivity index (χ1n) is 10.0. The Morgan fingerprint density at radius 1 is 1.11 bits per heavy atom. The molecule has 0 bridgehead atoms. The van der Waals surface area contributed by atoms with Crippen LogP contribution in [0, 0.1) is 0 Å². The minimum absolute atomic E-state index is 0.0707. The van der Waals surface area contributed by atoms with E-state index in [4.69, 9.17) is 44.0 Å². The molecule has 0 saturated carbocycles. The van der Waals surface area contributed by atoms with Gasteiger partial charge in [-0.3, -0.25) is 9.45 Å². The highest BCUT2D eigenvalue weighted by Gasteiger charge is 2.33. The quantitative estimate of drug-likeness (QED) is 0.339. The van der Waals surface area contributed by atoms with Gasteiger partial charge in [-0.05, 0) is 51.1 Å². The lowest BCUT2D eigenvalue weighted by molar-refractivity contribution is 0.303. The number of aliphatic imine (C=N–C) groups is 2. The van der Waals surface area contributed by atoms with Crippen LogP contribution in [-0.2, 0) is 26.9 Å². The van der Waals surface area contributed by atoms with Crippen LogP contribution in [0.3, 0.4) is 0 Å². The second-order valence-electron chi connectivity index (χ2n) is 7.73. The van der Waals surface area contributed by atoms with Crippen molar-refractivity contribution in [1.29, 1.82) is 0 Å². The van der Waals surface area contributed by atoms with Crippen molar-refractivity contribution in [2.75, 3.05) is 10.7 Å². The maximum absolute atomic E-state index is 13.5. The molecule has 198 valence electrons. The Morgan fingerprint density at radius 2 is 1.72 bits per heavy atom. The van der Waals surface area contributed by atoms with Gasteiger partial charge in [0.1, 0.15) is 22.9 Å². The molecule has 0 saturated heterocycles. The first-order valence-corrected chi connectivity index (χ1v) is 13.8. The Morgan fingerprint density at radius 3 is 2.22 bits per heavy atom. The van der Waals surface area contributed by atoms with Crippen LogP contribution < -0.4 is 21.1 Å². The molecule has 0 spiro atoms. The lowest BCUT2D eigenvalue weighted by atomic mass is 10.1. The van der Waals surface area contributed by atoms with E-state index in [1.807, 2.05) is 0 Å². The van der Waals surface area contributed by atoms with Crippen molar-refractivity contribution in [3.8, 4) is 5.75 Å². The maximum atomic E-state index is 13.5. The molecular formula is C20H24Cl2FN5O6S2. The Kier molecular flexibility index (Phi) is 9.18. The number of anilines is 1. The number of ether oxygens (including phenoxy) is 1. The standard InChI is InChI=1S/C18H18Cl2FN5O3S.C2H6O3S/c1-18(2)25-16(22)24-17(23)26(18)12-5-6-14(13(20)8-12)29-9-10-3-4-11(19)7-15(10)30(21,27)28;1-2-6(3,4)5/h3-8H,9H2,1-2H3,(H4,22,23,24,25);2H2,1H3,(H,3,4,5). The summed E-state index contributed by atoms with van der Waals surface area (Å²) in [6.07, 6.45) is 0. The number of nitrogens with two attached hydrogens (primary N) is 2. The SMILES string of the molecule is CC1(C)N=C(N)N=C(N)N1c1ccc(OCc2ccc(Cl)cc2S(=O)(=O)F)c(Cl)c1.CCS(=O)(=O)O. The maximum Gasteiger partial charge on any atom is 0.332 e. The Balaban J connectivity index is 0.000000678. The molecule has 5 N–H and O–H groups in total. The summed E-state index contributed by atoms with van der Waals surface area (Å²) in [5, 5.41) is 0.307. The number of hydrogen-bond acceptors (Lipinski definition) is 10. The number of nitrogens with zero attached hydrogens (tertiary/aromatic N) is 3. The summed E-state index contributed by atoms with van der Waals surface area (Å²) in [7, 11) is -8.63. The number of guanidine groups is 2. The molecule has 0 aliphatic carbocycles. The van der Waals surface area contributed by atoms with Crippen molar-refractivity contribution >= 4 is 61.1 Å². The Bertz CT molecular complexity index is 1420. The molecule has 1 aliphatic rings. The molecule has 1 aliphatic heterocycles. The molecule has 2 aromatic carbocycles. The van der Waals surface area contributed by atoms with Gasteiger partial charge in [-0.1, -0.05) is 29.3 Å². The van der Waals surface area contributed by atoms with E-state index in [0.29, 0.717) is 5.69 Å². The van der Waals surface area contributed by atoms with E-state index in [1.165, 1.54) is 19.1 Å². The summed E-state index contributed by atoms with van der Waals surface area (Å²) in [5.41, 5.74) is 11.6. The monoisotopic (exact) mass is 583 g/mol. The van der Waals surface area contributed by atoms with Gasteiger partial charge in [-0.25, -0.2) is 4.99 Å². The molecule has 0 atom stereocenters. The normalized spacial score (nSPS) is 15.4. The molecule has 11 nitrogen and oxygen atoms in total. The van der Waals surface area contributed by atoms with Crippen LogP contribution in [0.2, 0.25) is 10.0 Å². The smallest absolute Gasteiger partial charge is 0.332 e. The summed E-state index contributed by atoms with van der Waals surface area (Å²) < 4.78 is 68.8. The van der Waals surface area contributed by atoms with Crippen LogP contribution in [-0.4, -0.2) is 44.7 Å². The van der Waals surface area contributed by atoms with E-state index in [1.54, 1.807) is 36.9 Å². The predicted octanol–water partition coefficient (Wildman–Crippen LogP) is 3.31. The molecular weight excluding hydrogens is 560 g/mol. The van der Waals surface area contributed by atoms with Gasteiger partial charge in [0.2, 0.25) is 11.9 Å². The van der Waals surface area contributed by atoms with Crippen LogP contribution in [0.1, 0.15) is 26.3 Å². The van der Waals surface area contributed by atoms with Gasteiger partial charge >= 0.3 is 10.2 Å². The topological polar surface area (TPSA) is 178 Å². The molecule has 3 rings (SSSR count). The van der Waals surface area contributed by atoms with Crippen molar-refractivity contribution in [2.45, 2.75) is 37.9 Å². The van der Waals surface area contributed by atoms with Crippen molar-refractivity contribution in [3.05, 3.63) is 52.0 Å². The van der Waals surface area contributed by atoms with Crippen LogP contribution in [0.5, 0.6) is 5.75 Å². The van der Waals surface area contributed by atoms with Crippen LogP contribution in [0.4, 0.5) is 9.57 Å². The van der Waals surface area contributed by atoms with Gasteiger partial charge in [0.05, 0.1) is 10.8 Å². The second kappa shape index (κ2) is 11.2. The third-order valence-electron chi connectivity index (χ3n) is 4.61. The van der Waals surface area contributed by atoms with E-state index in [-0.39, 0.29) is 45.6 Å². The van der Waals surface area contributed by atoms with Crippen molar-refractivity contribution in [1.82, 2.24) is 0 Å². The molecule has 0 aromatic heterocycles. The lowest BCUT2D eigenvalue weighted by Crippen LogP contribution is -2.54. The molecule has 0 amide bonds. The summed E-state index contributed by atoms with van der Waals surface area (Å²) in [6.45, 7) is 4.74. The summed E-state index contributed by atoms with van der Waals surface area (Å²) in [4.78, 5) is 9.33. The van der Waals surface area contributed by atoms with Gasteiger partial charge < -0.3 is 16.2 Å². The third-order valence-corrected chi connectivity index (χ3v) is 6.77. The van der Waals surface area contributed by atoms with Crippen LogP contribution in [0.15, 0.2) is 51.3 Å². The number of hydrogen-bond donors (Lipinski definition) is 3. The first-order chi connectivity index (χ1) is 16.4. The van der Waals surface area contributed by atoms with E-state index in [2.05, 4.69) is 9.98 Å². The highest BCUT2D eigenvalue weighted by atomic mass is 35.5. The van der Waals surface area contributed by atoms with E-state index in [0.717, 1.165) is 6.07 Å². The summed E-state index contributed by atoms with van der Waals surface area (Å²) in [5.74, 6) is 0.274. The number of rotatable bonds is 6. The van der Waals surface area contributed by atoms with E-state index >= 15 is 0 Å². The minimum Gasteiger partial charge on any atom is -0.487 e. The zero-order valence-electron chi connectivity index (χ0n) is 19.3. The molecule has 0 unspecified atom stereocenters. The molecule has 1 heterocycles. The largest absolute Gasteiger partial charge is 0.487 e. The Labute approximate surface area is 218 Å². The highest BCUT2D eigenvalue weighted by Crippen LogP contribution is 2.34.